The average molecular weight is 695 g/mol. The lowest BCUT2D eigenvalue weighted by Crippen LogP contribution is -2.53. The van der Waals surface area contributed by atoms with Gasteiger partial charge in [0.25, 0.3) is 0 Å². The fourth-order valence-corrected chi connectivity index (χ4v) is 7.98. The van der Waals surface area contributed by atoms with Gasteiger partial charge in [-0.3, -0.25) is 9.59 Å². The van der Waals surface area contributed by atoms with Crippen LogP contribution in [0.5, 0.6) is 17.4 Å². The number of carbonyl (C=O) groups excluding carboxylic acids is 3. The molecule has 6 rings (SSSR count). The molecule has 13 heteroatoms. The van der Waals surface area contributed by atoms with Crippen molar-refractivity contribution in [2.45, 2.75) is 127 Å². The Hall–Kier alpha value is -4.29. The first-order valence-electron chi connectivity index (χ1n) is 18.2. The van der Waals surface area contributed by atoms with Gasteiger partial charge in [0.05, 0.1) is 25.8 Å². The summed E-state index contributed by atoms with van der Waals surface area (Å²) in [4.78, 5) is 59.6. The molecule has 272 valence electrons. The van der Waals surface area contributed by atoms with Crippen LogP contribution >= 0.6 is 0 Å². The van der Waals surface area contributed by atoms with Crippen molar-refractivity contribution in [3.8, 4) is 17.4 Å². The number of aryl methyl sites for hydroxylation is 1. The number of methoxy groups -OCH3 is 1. The second kappa shape index (κ2) is 15.3. The summed E-state index contributed by atoms with van der Waals surface area (Å²) in [5.74, 6) is -0.510. The van der Waals surface area contributed by atoms with Crippen molar-refractivity contribution in [3.63, 3.8) is 0 Å². The number of alkyl carbamates (subject to hydrolysis) is 1. The van der Waals surface area contributed by atoms with Crippen molar-refractivity contribution >= 4 is 34.8 Å². The molecule has 4 aliphatic rings. The molecule has 3 N–H and O–H groups in total. The number of carboxylic acids is 1. The highest BCUT2D eigenvalue weighted by molar-refractivity contribution is 5.95. The number of nitrogens with zero attached hydrogens (tertiary/aromatic N) is 2. The third-order valence-electron chi connectivity index (χ3n) is 10.8. The molecule has 3 heterocycles. The Kier molecular flexibility index (Phi) is 10.9. The van der Waals surface area contributed by atoms with Crippen LogP contribution < -0.4 is 24.8 Å². The number of aliphatic carboxylic acids is 1. The second-order valence-corrected chi connectivity index (χ2v) is 14.2. The maximum absolute atomic E-state index is 14.1. The van der Waals surface area contributed by atoms with E-state index in [9.17, 15) is 24.3 Å². The van der Waals surface area contributed by atoms with Gasteiger partial charge in [0.15, 0.2) is 0 Å². The summed E-state index contributed by atoms with van der Waals surface area (Å²) in [6, 6.07) is 3.97. The van der Waals surface area contributed by atoms with Gasteiger partial charge in [0, 0.05) is 35.9 Å². The van der Waals surface area contributed by atoms with Crippen LogP contribution in [-0.2, 0) is 19.1 Å². The number of amides is 3. The first-order chi connectivity index (χ1) is 24.1. The van der Waals surface area contributed by atoms with Gasteiger partial charge in [-0.05, 0) is 76.8 Å². The van der Waals surface area contributed by atoms with Gasteiger partial charge < -0.3 is 39.6 Å². The molecule has 2 saturated carbocycles. The normalized spacial score (nSPS) is 27.7. The molecule has 2 aliphatic carbocycles. The molecule has 0 unspecified atom stereocenters. The van der Waals surface area contributed by atoms with E-state index in [4.69, 9.17) is 18.9 Å². The van der Waals surface area contributed by atoms with Crippen molar-refractivity contribution in [3.05, 3.63) is 23.8 Å². The van der Waals surface area contributed by atoms with E-state index in [0.29, 0.717) is 48.8 Å². The van der Waals surface area contributed by atoms with Crippen molar-refractivity contribution in [2.24, 2.45) is 5.92 Å². The Balaban J connectivity index is 1.27. The summed E-state index contributed by atoms with van der Waals surface area (Å²) in [5, 5.41) is 16.7. The van der Waals surface area contributed by atoms with Crippen LogP contribution in [0.25, 0.3) is 10.9 Å². The highest BCUT2D eigenvalue weighted by atomic mass is 16.6. The van der Waals surface area contributed by atoms with Crippen LogP contribution in [0.1, 0.15) is 96.0 Å². The smallest absolute Gasteiger partial charge is 0.407 e. The van der Waals surface area contributed by atoms with Crippen LogP contribution in [0.15, 0.2) is 18.2 Å². The predicted octanol–water partition coefficient (Wildman–Crippen LogP) is 5.04. The minimum Gasteiger partial charge on any atom is -0.496 e. The van der Waals surface area contributed by atoms with E-state index in [2.05, 4.69) is 15.6 Å². The van der Waals surface area contributed by atoms with E-state index in [0.717, 1.165) is 62.3 Å². The van der Waals surface area contributed by atoms with Gasteiger partial charge in [-0.2, -0.15) is 0 Å². The summed E-state index contributed by atoms with van der Waals surface area (Å²) in [6.07, 6.45) is 7.75. The van der Waals surface area contributed by atoms with E-state index < -0.39 is 41.7 Å². The molecule has 0 spiro atoms. The minimum absolute atomic E-state index is 0.0192. The maximum Gasteiger partial charge on any atom is 0.407 e. The zero-order valence-electron chi connectivity index (χ0n) is 29.3. The topological polar surface area (TPSA) is 166 Å². The number of hydrogen-bond donors (Lipinski definition) is 3. The standard InChI is InChI=1S/C37H50N4O9/c1-4-48-31-19-30(27-15-16-29(47-3)22(2)33(27)39-31)49-26-18-28-34(43)40-37(35(44)45)20-23(37)11-7-5-6-8-12-24(17-32(42)41(28)21-26)38-36(46)50-25-13-9-10-14-25/h15-16,19,23-26,28H,4-14,17-18,20-21H2,1-3H3,(H,38,46)(H,40,43)(H,44,45)/t23-,24-,26+,28-,37+/m0/s1. The number of benzene rings is 1. The lowest BCUT2D eigenvalue weighted by atomic mass is 10.0. The minimum atomic E-state index is -1.33. The number of fused-ring (bicyclic) bond motifs is 3. The van der Waals surface area contributed by atoms with Crippen LogP contribution in [0.4, 0.5) is 4.79 Å². The fraction of sp³-hybridized carbons (Fsp3) is 0.649. The summed E-state index contributed by atoms with van der Waals surface area (Å²) < 4.78 is 23.5. The van der Waals surface area contributed by atoms with Crippen molar-refractivity contribution in [1.29, 1.82) is 0 Å². The monoisotopic (exact) mass is 694 g/mol. The Bertz CT molecular complexity index is 1590. The molecule has 1 aromatic carbocycles. The molecule has 0 radical (unpaired) electrons. The van der Waals surface area contributed by atoms with E-state index in [1.54, 1.807) is 13.2 Å². The number of hydrogen-bond acceptors (Lipinski definition) is 9. The lowest BCUT2D eigenvalue weighted by molar-refractivity contribution is -0.145. The number of carbonyl (C=O) groups is 4. The maximum atomic E-state index is 14.1. The second-order valence-electron chi connectivity index (χ2n) is 14.2. The summed E-state index contributed by atoms with van der Waals surface area (Å²) >= 11 is 0. The third-order valence-corrected chi connectivity index (χ3v) is 10.8. The van der Waals surface area contributed by atoms with Crippen molar-refractivity contribution in [2.75, 3.05) is 20.3 Å². The Labute approximate surface area is 292 Å². The molecule has 2 saturated heterocycles. The molecule has 1 aromatic heterocycles. The summed E-state index contributed by atoms with van der Waals surface area (Å²) in [7, 11) is 1.59. The van der Waals surface area contributed by atoms with Crippen molar-refractivity contribution < 1.29 is 43.2 Å². The van der Waals surface area contributed by atoms with Crippen LogP contribution in [-0.4, -0.2) is 89.0 Å². The zero-order chi connectivity index (χ0) is 35.4. The van der Waals surface area contributed by atoms with Gasteiger partial charge in [0.2, 0.25) is 17.7 Å². The first-order valence-corrected chi connectivity index (χ1v) is 18.2. The lowest BCUT2D eigenvalue weighted by Gasteiger charge is -2.27. The molecule has 50 heavy (non-hydrogen) atoms. The fourth-order valence-electron chi connectivity index (χ4n) is 7.98. The highest BCUT2D eigenvalue weighted by Crippen LogP contribution is 2.47. The van der Waals surface area contributed by atoms with Crippen molar-refractivity contribution in [1.82, 2.24) is 20.5 Å². The zero-order valence-corrected chi connectivity index (χ0v) is 29.3. The predicted molar refractivity (Wildman–Crippen MR) is 183 cm³/mol. The molecule has 3 amide bonds. The van der Waals surface area contributed by atoms with E-state index >= 15 is 0 Å². The summed E-state index contributed by atoms with van der Waals surface area (Å²) in [5.41, 5.74) is 0.130. The van der Waals surface area contributed by atoms with Gasteiger partial charge in [-0.15, -0.1) is 0 Å². The number of aromatic nitrogens is 1. The molecular weight excluding hydrogens is 644 g/mol. The third kappa shape index (κ3) is 7.71. The van der Waals surface area contributed by atoms with Gasteiger partial charge in [-0.1, -0.05) is 25.7 Å². The van der Waals surface area contributed by atoms with Gasteiger partial charge in [-0.25, -0.2) is 14.6 Å². The number of nitrogens with one attached hydrogen (secondary N) is 2. The molecule has 13 nitrogen and oxygen atoms in total. The van der Waals surface area contributed by atoms with E-state index in [1.807, 2.05) is 26.0 Å². The Morgan fingerprint density at radius 1 is 1.04 bits per heavy atom. The number of pyridine rings is 1. The first kappa shape index (κ1) is 35.5. The van der Waals surface area contributed by atoms with E-state index in [-0.39, 0.29) is 37.3 Å². The average Bonchev–Trinajstić information content (AvgIpc) is 3.35. The van der Waals surface area contributed by atoms with Crippen LogP contribution in [0, 0.1) is 12.8 Å². The van der Waals surface area contributed by atoms with Gasteiger partial charge >= 0.3 is 12.1 Å². The van der Waals surface area contributed by atoms with E-state index in [1.165, 1.54) is 4.90 Å². The quantitative estimate of drug-likeness (QED) is 0.341. The van der Waals surface area contributed by atoms with Crippen LogP contribution in [0.2, 0.25) is 0 Å². The largest absolute Gasteiger partial charge is 0.496 e. The molecule has 0 bridgehead atoms. The number of ether oxygens (including phenoxy) is 4. The number of rotatable bonds is 8. The molecular formula is C37H50N4O9. The van der Waals surface area contributed by atoms with Crippen LogP contribution in [0.3, 0.4) is 0 Å². The summed E-state index contributed by atoms with van der Waals surface area (Å²) in [6.45, 7) is 4.26. The Morgan fingerprint density at radius 3 is 2.50 bits per heavy atom. The SMILES string of the molecule is CCOc1cc(O[C@@H]2C[C@H]3C(=O)N[C@]4(C(=O)O)C[C@@H]4CCCCCC[C@H](NC(=O)OC4CCCC4)CC(=O)N3C2)c2ccc(OC)c(C)c2n1. The van der Waals surface area contributed by atoms with Gasteiger partial charge in [0.1, 0.15) is 35.3 Å². The highest BCUT2D eigenvalue weighted by Gasteiger charge is 2.62. The molecule has 5 atom stereocenters. The Morgan fingerprint density at radius 2 is 1.78 bits per heavy atom. The molecule has 2 aliphatic heterocycles. The molecule has 2 aromatic rings. The molecule has 4 fully saturated rings. The number of carboxylic acid groups (broad SMARTS) is 1.